The van der Waals surface area contributed by atoms with E-state index in [-0.39, 0.29) is 24.4 Å². The third-order valence-electron chi connectivity index (χ3n) is 4.76. The van der Waals surface area contributed by atoms with Gasteiger partial charge in [-0.05, 0) is 30.9 Å². The summed E-state index contributed by atoms with van der Waals surface area (Å²) in [6, 6.07) is 8.24. The highest BCUT2D eigenvalue weighted by molar-refractivity contribution is 7.89. The first-order chi connectivity index (χ1) is 12.1. The molecule has 1 unspecified atom stereocenters. The number of rotatable bonds is 5. The molecule has 26 heavy (non-hydrogen) atoms. The minimum absolute atomic E-state index is 0. The maximum Gasteiger partial charge on any atom is 0.243 e. The first kappa shape index (κ1) is 21.1. The van der Waals surface area contributed by atoms with E-state index in [1.165, 1.54) is 4.31 Å². The predicted octanol–water partition coefficient (Wildman–Crippen LogP) is 0.614. The smallest absolute Gasteiger partial charge is 0.243 e. The monoisotopic (exact) mass is 403 g/mol. The Hall–Kier alpha value is -1.19. The van der Waals surface area contributed by atoms with Gasteiger partial charge in [0.15, 0.2) is 0 Å². The van der Waals surface area contributed by atoms with Crippen molar-refractivity contribution in [2.45, 2.75) is 23.8 Å². The third-order valence-corrected chi connectivity index (χ3v) is 6.67. The Morgan fingerprint density at radius 1 is 1.23 bits per heavy atom. The van der Waals surface area contributed by atoms with Gasteiger partial charge in [-0.25, -0.2) is 8.42 Å². The summed E-state index contributed by atoms with van der Waals surface area (Å²) in [5.74, 6) is 0.259. The summed E-state index contributed by atoms with van der Waals surface area (Å²) in [4.78, 5) is 12.4. The highest BCUT2D eigenvalue weighted by Crippen LogP contribution is 2.23. The van der Waals surface area contributed by atoms with E-state index in [9.17, 15) is 13.2 Å². The van der Waals surface area contributed by atoms with Crippen LogP contribution in [0.3, 0.4) is 0 Å². The second-order valence-electron chi connectivity index (χ2n) is 6.49. The molecular weight excluding hydrogens is 378 g/mol. The lowest BCUT2D eigenvalue weighted by molar-refractivity contribution is -0.126. The minimum Gasteiger partial charge on any atom is -0.378 e. The number of halogens is 1. The van der Waals surface area contributed by atoms with Crippen molar-refractivity contribution in [3.63, 3.8) is 0 Å². The van der Waals surface area contributed by atoms with Gasteiger partial charge in [0.25, 0.3) is 0 Å². The van der Waals surface area contributed by atoms with E-state index >= 15 is 0 Å². The number of benzene rings is 1. The van der Waals surface area contributed by atoms with Gasteiger partial charge in [-0.3, -0.25) is 4.79 Å². The Labute approximate surface area is 160 Å². The molecule has 9 heteroatoms. The summed E-state index contributed by atoms with van der Waals surface area (Å²) in [5.41, 5.74) is 0. The molecule has 2 aliphatic heterocycles. The van der Waals surface area contributed by atoms with E-state index in [2.05, 4.69) is 10.6 Å². The zero-order valence-electron chi connectivity index (χ0n) is 14.6. The highest BCUT2D eigenvalue weighted by atomic mass is 35.5. The average molecular weight is 404 g/mol. The second kappa shape index (κ2) is 9.66. The second-order valence-corrected chi connectivity index (χ2v) is 8.43. The molecule has 2 aliphatic rings. The van der Waals surface area contributed by atoms with Crippen LogP contribution in [-0.4, -0.2) is 64.1 Å². The first-order valence-corrected chi connectivity index (χ1v) is 10.2. The number of hydrogen-bond acceptors (Lipinski definition) is 5. The molecule has 1 amide bonds. The molecule has 2 saturated heterocycles. The molecule has 0 radical (unpaired) electrons. The zero-order chi connectivity index (χ0) is 17.7. The normalized spacial score (nSPS) is 22.4. The number of carbonyl (C=O) groups is 1. The van der Waals surface area contributed by atoms with Gasteiger partial charge in [0.2, 0.25) is 15.9 Å². The summed E-state index contributed by atoms with van der Waals surface area (Å²) in [6.45, 7) is 3.28. The molecule has 0 aromatic heterocycles. The summed E-state index contributed by atoms with van der Waals surface area (Å²) in [5, 5.41) is 6.09. The van der Waals surface area contributed by atoms with Gasteiger partial charge in [-0.1, -0.05) is 18.2 Å². The molecule has 1 aromatic carbocycles. The lowest BCUT2D eigenvalue weighted by Gasteiger charge is -2.31. The van der Waals surface area contributed by atoms with Gasteiger partial charge in [0.1, 0.15) is 6.04 Å². The number of piperidine rings is 1. The number of nitrogens with zero attached hydrogens (tertiary/aromatic N) is 1. The summed E-state index contributed by atoms with van der Waals surface area (Å²) < 4.78 is 32.0. The van der Waals surface area contributed by atoms with E-state index in [0.717, 1.165) is 12.8 Å². The van der Waals surface area contributed by atoms with E-state index in [1.54, 1.807) is 30.3 Å². The fourth-order valence-electron chi connectivity index (χ4n) is 3.20. The molecule has 2 N–H and O–H groups in total. The fraction of sp³-hybridized carbons (Fsp3) is 0.588. The summed E-state index contributed by atoms with van der Waals surface area (Å²) in [6.07, 6.45) is 1.50. The topological polar surface area (TPSA) is 87.7 Å². The van der Waals surface area contributed by atoms with Crippen LogP contribution >= 0.6 is 12.4 Å². The Morgan fingerprint density at radius 3 is 2.54 bits per heavy atom. The van der Waals surface area contributed by atoms with E-state index < -0.39 is 10.0 Å². The van der Waals surface area contributed by atoms with Gasteiger partial charge in [0, 0.05) is 26.2 Å². The third kappa shape index (κ3) is 5.17. The van der Waals surface area contributed by atoms with Gasteiger partial charge in [-0.15, -0.1) is 12.4 Å². The Kier molecular flexibility index (Phi) is 7.85. The lowest BCUT2D eigenvalue weighted by atomic mass is 9.98. The van der Waals surface area contributed by atoms with Crippen LogP contribution in [0.1, 0.15) is 12.8 Å². The maximum atomic E-state index is 12.6. The van der Waals surface area contributed by atoms with Crippen LogP contribution in [-0.2, 0) is 19.6 Å². The molecule has 0 saturated carbocycles. The van der Waals surface area contributed by atoms with Crippen LogP contribution in [0.25, 0.3) is 0 Å². The highest BCUT2D eigenvalue weighted by Gasteiger charge is 2.30. The molecule has 0 bridgehead atoms. The molecule has 0 aliphatic carbocycles. The van der Waals surface area contributed by atoms with Crippen molar-refractivity contribution in [3.8, 4) is 0 Å². The van der Waals surface area contributed by atoms with Crippen LogP contribution in [0.5, 0.6) is 0 Å². The Bertz CT molecular complexity index is 673. The number of morpholine rings is 1. The number of ether oxygens (including phenoxy) is 1. The number of nitrogens with one attached hydrogen (secondary N) is 2. The van der Waals surface area contributed by atoms with Crippen molar-refractivity contribution in [2.75, 3.05) is 39.4 Å². The molecule has 2 heterocycles. The van der Waals surface area contributed by atoms with E-state index in [0.29, 0.717) is 50.2 Å². The van der Waals surface area contributed by atoms with Crippen molar-refractivity contribution in [1.82, 2.24) is 14.9 Å². The van der Waals surface area contributed by atoms with Crippen LogP contribution in [0, 0.1) is 5.92 Å². The van der Waals surface area contributed by atoms with E-state index in [4.69, 9.17) is 4.74 Å². The minimum atomic E-state index is -3.41. The quantitative estimate of drug-likeness (QED) is 0.752. The van der Waals surface area contributed by atoms with Gasteiger partial charge < -0.3 is 15.4 Å². The molecule has 3 rings (SSSR count). The predicted molar refractivity (Wildman–Crippen MR) is 101 cm³/mol. The Balaban J connectivity index is 0.00000243. The van der Waals surface area contributed by atoms with Crippen molar-refractivity contribution >= 4 is 28.3 Å². The zero-order valence-corrected chi connectivity index (χ0v) is 16.2. The summed E-state index contributed by atoms with van der Waals surface area (Å²) in [7, 11) is -3.41. The average Bonchev–Trinajstić information content (AvgIpc) is 2.68. The van der Waals surface area contributed by atoms with Crippen LogP contribution < -0.4 is 10.6 Å². The van der Waals surface area contributed by atoms with Gasteiger partial charge in [0.05, 0.1) is 18.1 Å². The maximum absolute atomic E-state index is 12.6. The van der Waals surface area contributed by atoms with Crippen molar-refractivity contribution < 1.29 is 17.9 Å². The molecule has 2 fully saturated rings. The number of carbonyl (C=O) groups excluding carboxylic acids is 1. The van der Waals surface area contributed by atoms with E-state index in [1.807, 2.05) is 0 Å². The number of amides is 1. The van der Waals surface area contributed by atoms with Crippen LogP contribution in [0.4, 0.5) is 0 Å². The standard InChI is InChI=1S/C17H25N3O4S.ClH/c21-17(16-13-24-11-8-18-16)19-12-14-6-9-20(10-7-14)25(22,23)15-4-2-1-3-5-15;/h1-5,14,16,18H,6-13H2,(H,19,21);1H. The first-order valence-electron chi connectivity index (χ1n) is 8.71. The molecule has 0 spiro atoms. The summed E-state index contributed by atoms with van der Waals surface area (Å²) >= 11 is 0. The van der Waals surface area contributed by atoms with Gasteiger partial charge in [-0.2, -0.15) is 4.31 Å². The SMILES string of the molecule is Cl.O=C(NCC1CCN(S(=O)(=O)c2ccccc2)CC1)C1COCCN1. The molecular formula is C17H26ClN3O4S. The van der Waals surface area contributed by atoms with Gasteiger partial charge >= 0.3 is 0 Å². The fourth-order valence-corrected chi connectivity index (χ4v) is 4.69. The lowest BCUT2D eigenvalue weighted by Crippen LogP contribution is -2.52. The Morgan fingerprint density at radius 2 is 1.92 bits per heavy atom. The largest absolute Gasteiger partial charge is 0.378 e. The van der Waals surface area contributed by atoms with Crippen molar-refractivity contribution in [2.24, 2.45) is 5.92 Å². The van der Waals surface area contributed by atoms with Crippen molar-refractivity contribution in [3.05, 3.63) is 30.3 Å². The van der Waals surface area contributed by atoms with Crippen LogP contribution in [0.15, 0.2) is 35.2 Å². The molecule has 146 valence electrons. The number of sulfonamides is 1. The van der Waals surface area contributed by atoms with Crippen LogP contribution in [0.2, 0.25) is 0 Å². The molecule has 7 nitrogen and oxygen atoms in total. The van der Waals surface area contributed by atoms with Crippen molar-refractivity contribution in [1.29, 1.82) is 0 Å². The molecule has 1 atom stereocenters. The molecule has 1 aromatic rings. The number of hydrogen-bond donors (Lipinski definition) is 2.